The van der Waals surface area contributed by atoms with E-state index in [1.807, 2.05) is 11.9 Å². The van der Waals surface area contributed by atoms with Gasteiger partial charge in [-0.15, -0.1) is 0 Å². The highest BCUT2D eigenvalue weighted by Gasteiger charge is 2.23. The predicted molar refractivity (Wildman–Crippen MR) is 76.9 cm³/mol. The summed E-state index contributed by atoms with van der Waals surface area (Å²) in [7, 11) is 1.94. The topological polar surface area (TPSA) is 67.1 Å². The molecule has 0 aliphatic carbocycles. The smallest absolute Gasteiger partial charge is 0.225 e. The van der Waals surface area contributed by atoms with Crippen LogP contribution < -0.4 is 16.0 Å². The van der Waals surface area contributed by atoms with Crippen molar-refractivity contribution in [3.63, 3.8) is 0 Å². The van der Waals surface area contributed by atoms with E-state index in [2.05, 4.69) is 15.3 Å². The van der Waals surface area contributed by atoms with Crippen LogP contribution in [0.15, 0.2) is 30.5 Å². The van der Waals surface area contributed by atoms with Crippen molar-refractivity contribution < 1.29 is 4.39 Å². The van der Waals surface area contributed by atoms with Crippen LogP contribution >= 0.6 is 0 Å². The maximum atomic E-state index is 13.9. The van der Waals surface area contributed by atoms with E-state index in [1.165, 1.54) is 12.1 Å². The molecule has 0 radical (unpaired) electrons. The van der Waals surface area contributed by atoms with Gasteiger partial charge in [0, 0.05) is 37.6 Å². The number of nitrogens with one attached hydrogen (secondary N) is 1. The van der Waals surface area contributed by atoms with Gasteiger partial charge in [-0.2, -0.15) is 0 Å². The summed E-state index contributed by atoms with van der Waals surface area (Å²) < 4.78 is 13.9. The second-order valence-corrected chi connectivity index (χ2v) is 4.90. The molecule has 0 amide bonds. The van der Waals surface area contributed by atoms with Gasteiger partial charge in [0.2, 0.25) is 5.95 Å². The van der Waals surface area contributed by atoms with Crippen LogP contribution in [0.2, 0.25) is 0 Å². The number of nitrogen functional groups attached to an aromatic ring is 1. The standard InChI is InChI=1S/C14H16FN5/c1-20(10-7-17-8-10)14-18-5-4-13(19-14)11-6-9(16)2-3-12(11)15/h2-6,10,17H,7-8,16H2,1H3. The lowest BCUT2D eigenvalue weighted by atomic mass is 10.1. The number of benzene rings is 1. The Morgan fingerprint density at radius 2 is 2.15 bits per heavy atom. The third kappa shape index (κ3) is 2.30. The van der Waals surface area contributed by atoms with E-state index < -0.39 is 0 Å². The molecule has 1 aromatic carbocycles. The number of hydrogen-bond acceptors (Lipinski definition) is 5. The molecule has 2 aromatic rings. The Kier molecular flexibility index (Phi) is 3.23. The molecule has 1 aliphatic heterocycles. The van der Waals surface area contributed by atoms with Crippen molar-refractivity contribution >= 4 is 11.6 Å². The summed E-state index contributed by atoms with van der Waals surface area (Å²) in [5.41, 5.74) is 7.16. The van der Waals surface area contributed by atoms with Crippen LogP contribution in [0.3, 0.4) is 0 Å². The van der Waals surface area contributed by atoms with Crippen LogP contribution in [0.1, 0.15) is 0 Å². The quantitative estimate of drug-likeness (QED) is 0.824. The maximum absolute atomic E-state index is 13.9. The Balaban J connectivity index is 1.96. The third-order valence-electron chi connectivity index (χ3n) is 3.53. The molecule has 1 aliphatic rings. The Morgan fingerprint density at radius 3 is 2.85 bits per heavy atom. The average Bonchev–Trinajstić information content (AvgIpc) is 2.40. The molecular formula is C14H16FN5. The van der Waals surface area contributed by atoms with Gasteiger partial charge in [-0.1, -0.05) is 0 Å². The fraction of sp³-hybridized carbons (Fsp3) is 0.286. The van der Waals surface area contributed by atoms with Crippen LogP contribution in [-0.4, -0.2) is 36.1 Å². The second kappa shape index (κ2) is 5.05. The first-order chi connectivity index (χ1) is 9.65. The summed E-state index contributed by atoms with van der Waals surface area (Å²) in [5, 5.41) is 3.20. The Bertz CT molecular complexity index is 627. The van der Waals surface area contributed by atoms with Crippen molar-refractivity contribution in [1.29, 1.82) is 0 Å². The number of halogens is 1. The molecule has 6 heteroatoms. The fourth-order valence-corrected chi connectivity index (χ4v) is 2.12. The molecule has 20 heavy (non-hydrogen) atoms. The summed E-state index contributed by atoms with van der Waals surface area (Å²) in [6, 6.07) is 6.55. The zero-order chi connectivity index (χ0) is 14.1. The lowest BCUT2D eigenvalue weighted by Crippen LogP contribution is -2.56. The Morgan fingerprint density at radius 1 is 1.35 bits per heavy atom. The van der Waals surface area contributed by atoms with Crippen molar-refractivity contribution in [2.24, 2.45) is 0 Å². The molecule has 1 aromatic heterocycles. The maximum Gasteiger partial charge on any atom is 0.225 e. The van der Waals surface area contributed by atoms with Gasteiger partial charge < -0.3 is 16.0 Å². The van der Waals surface area contributed by atoms with E-state index in [1.54, 1.807) is 18.3 Å². The van der Waals surface area contributed by atoms with Crippen molar-refractivity contribution in [1.82, 2.24) is 15.3 Å². The zero-order valence-corrected chi connectivity index (χ0v) is 11.2. The van der Waals surface area contributed by atoms with Gasteiger partial charge in [0.05, 0.1) is 11.7 Å². The summed E-state index contributed by atoms with van der Waals surface area (Å²) in [4.78, 5) is 10.7. The van der Waals surface area contributed by atoms with E-state index in [0.717, 1.165) is 13.1 Å². The predicted octanol–water partition coefficient (Wildman–Crippen LogP) is 1.27. The van der Waals surface area contributed by atoms with Gasteiger partial charge in [0.15, 0.2) is 0 Å². The minimum atomic E-state index is -0.336. The SMILES string of the molecule is CN(c1nccc(-c2cc(N)ccc2F)n1)C1CNC1. The number of nitrogens with two attached hydrogens (primary N) is 1. The van der Waals surface area contributed by atoms with Crippen LogP contribution in [0, 0.1) is 5.82 Å². The number of hydrogen-bond donors (Lipinski definition) is 2. The summed E-state index contributed by atoms with van der Waals surface area (Å²) in [6.45, 7) is 1.83. The van der Waals surface area contributed by atoms with Gasteiger partial charge >= 0.3 is 0 Å². The van der Waals surface area contributed by atoms with E-state index in [0.29, 0.717) is 28.9 Å². The molecule has 1 saturated heterocycles. The fourth-order valence-electron chi connectivity index (χ4n) is 2.12. The summed E-state index contributed by atoms with van der Waals surface area (Å²) >= 11 is 0. The number of anilines is 2. The Hall–Kier alpha value is -2.21. The first-order valence-electron chi connectivity index (χ1n) is 6.47. The van der Waals surface area contributed by atoms with Crippen LogP contribution in [0.25, 0.3) is 11.3 Å². The molecule has 104 valence electrons. The average molecular weight is 273 g/mol. The lowest BCUT2D eigenvalue weighted by Gasteiger charge is -2.35. The molecule has 0 atom stereocenters. The van der Waals surface area contributed by atoms with Gasteiger partial charge in [0.1, 0.15) is 5.82 Å². The van der Waals surface area contributed by atoms with Crippen molar-refractivity contribution in [2.75, 3.05) is 30.8 Å². The molecular weight excluding hydrogens is 257 g/mol. The number of likely N-dealkylation sites (N-methyl/N-ethyl adjacent to an activating group) is 1. The largest absolute Gasteiger partial charge is 0.399 e. The summed E-state index contributed by atoms with van der Waals surface area (Å²) in [6.07, 6.45) is 1.64. The minimum Gasteiger partial charge on any atom is -0.399 e. The van der Waals surface area contributed by atoms with Gasteiger partial charge in [-0.25, -0.2) is 14.4 Å². The molecule has 3 N–H and O–H groups in total. The normalized spacial score (nSPS) is 14.9. The molecule has 0 spiro atoms. The summed E-state index contributed by atoms with van der Waals surface area (Å²) in [5.74, 6) is 0.257. The van der Waals surface area contributed by atoms with E-state index in [9.17, 15) is 4.39 Å². The first kappa shape index (κ1) is 12.8. The van der Waals surface area contributed by atoms with Crippen LogP contribution in [0.4, 0.5) is 16.0 Å². The van der Waals surface area contributed by atoms with Gasteiger partial charge in [-0.05, 0) is 24.3 Å². The number of aromatic nitrogens is 2. The second-order valence-electron chi connectivity index (χ2n) is 4.90. The highest BCUT2D eigenvalue weighted by atomic mass is 19.1. The Labute approximate surface area is 116 Å². The lowest BCUT2D eigenvalue weighted by molar-refractivity contribution is 0.424. The molecule has 2 heterocycles. The van der Waals surface area contributed by atoms with Crippen molar-refractivity contribution in [3.05, 3.63) is 36.3 Å². The van der Waals surface area contributed by atoms with E-state index >= 15 is 0 Å². The number of nitrogens with zero attached hydrogens (tertiary/aromatic N) is 3. The molecule has 5 nitrogen and oxygen atoms in total. The zero-order valence-electron chi connectivity index (χ0n) is 11.2. The molecule has 3 rings (SSSR count). The van der Waals surface area contributed by atoms with Crippen molar-refractivity contribution in [2.45, 2.75) is 6.04 Å². The van der Waals surface area contributed by atoms with Crippen LogP contribution in [0.5, 0.6) is 0 Å². The van der Waals surface area contributed by atoms with Crippen molar-refractivity contribution in [3.8, 4) is 11.3 Å². The first-order valence-corrected chi connectivity index (χ1v) is 6.47. The van der Waals surface area contributed by atoms with E-state index in [4.69, 9.17) is 5.73 Å². The van der Waals surface area contributed by atoms with E-state index in [-0.39, 0.29) is 5.82 Å². The molecule has 0 unspecified atom stereocenters. The minimum absolute atomic E-state index is 0.336. The monoisotopic (exact) mass is 273 g/mol. The molecule has 0 saturated carbocycles. The molecule has 0 bridgehead atoms. The van der Waals surface area contributed by atoms with Crippen LogP contribution in [-0.2, 0) is 0 Å². The highest BCUT2D eigenvalue weighted by molar-refractivity contribution is 5.65. The number of rotatable bonds is 3. The van der Waals surface area contributed by atoms with Gasteiger partial charge in [-0.3, -0.25) is 0 Å². The highest BCUT2D eigenvalue weighted by Crippen LogP contribution is 2.24. The molecule has 1 fully saturated rings. The third-order valence-corrected chi connectivity index (χ3v) is 3.53. The van der Waals surface area contributed by atoms with Gasteiger partial charge in [0.25, 0.3) is 0 Å².